The number of carbonyl (C=O) groups is 1. The number of carboxylic acid groups (broad SMARTS) is 1. The molecule has 1 N–H and O–H groups in total. The van der Waals surface area contributed by atoms with E-state index in [4.69, 9.17) is 17.3 Å². The average Bonchev–Trinajstić information content (AvgIpc) is 2.18. The number of thioether (sulfide) groups is 1. The fourth-order valence-electron chi connectivity index (χ4n) is 1.40. The molecule has 0 bridgehead atoms. The predicted octanol–water partition coefficient (Wildman–Crippen LogP) is 2.35. The van der Waals surface area contributed by atoms with Crippen LogP contribution in [-0.4, -0.2) is 38.1 Å². The maximum atomic E-state index is 10.9. The number of hydrogen-bond acceptors (Lipinski definition) is 3. The molecule has 0 amide bonds. The fraction of sp³-hybridized carbons (Fsp3) is 0.800. The number of piperidine rings is 1. The molecule has 3 nitrogen and oxygen atoms in total. The van der Waals surface area contributed by atoms with Gasteiger partial charge < -0.3 is 10.0 Å². The Labute approximate surface area is 100 Å². The summed E-state index contributed by atoms with van der Waals surface area (Å²) in [5.74, 6) is -0.813. The second-order valence-electron chi connectivity index (χ2n) is 4.23. The summed E-state index contributed by atoms with van der Waals surface area (Å²) >= 11 is 6.54. The van der Waals surface area contributed by atoms with Crippen molar-refractivity contribution in [2.24, 2.45) is 0 Å². The highest BCUT2D eigenvalue weighted by Crippen LogP contribution is 2.28. The maximum absolute atomic E-state index is 10.9. The van der Waals surface area contributed by atoms with Gasteiger partial charge in [0.1, 0.15) is 9.07 Å². The molecule has 1 aliphatic heterocycles. The molecular weight excluding hydrogens is 230 g/mol. The summed E-state index contributed by atoms with van der Waals surface area (Å²) in [5, 5.41) is 8.99. The molecular formula is C10H17NO2S2. The highest BCUT2D eigenvalue weighted by molar-refractivity contribution is 8.24. The van der Waals surface area contributed by atoms with E-state index in [-0.39, 0.29) is 0 Å². The molecule has 0 unspecified atom stereocenters. The Hall–Kier alpha value is -0.290. The maximum Gasteiger partial charge on any atom is 0.319 e. The van der Waals surface area contributed by atoms with Crippen LogP contribution in [0.5, 0.6) is 0 Å². The number of aliphatic carboxylic acids is 1. The van der Waals surface area contributed by atoms with Crippen molar-refractivity contribution in [1.29, 1.82) is 0 Å². The van der Waals surface area contributed by atoms with Gasteiger partial charge in [0.25, 0.3) is 0 Å². The molecule has 1 heterocycles. The van der Waals surface area contributed by atoms with E-state index >= 15 is 0 Å². The van der Waals surface area contributed by atoms with Crippen molar-refractivity contribution in [3.05, 3.63) is 0 Å². The van der Waals surface area contributed by atoms with E-state index < -0.39 is 10.7 Å². The first kappa shape index (κ1) is 12.8. The molecule has 1 rings (SSSR count). The topological polar surface area (TPSA) is 40.5 Å². The molecule has 0 saturated carbocycles. The molecule has 1 aliphatic rings. The molecule has 5 heteroatoms. The normalized spacial score (nSPS) is 17.6. The molecule has 0 aromatic heterocycles. The largest absolute Gasteiger partial charge is 0.480 e. The van der Waals surface area contributed by atoms with Crippen molar-refractivity contribution >= 4 is 34.3 Å². The van der Waals surface area contributed by atoms with Crippen molar-refractivity contribution in [2.45, 2.75) is 37.9 Å². The van der Waals surface area contributed by atoms with Crippen molar-refractivity contribution in [3.8, 4) is 0 Å². The van der Waals surface area contributed by atoms with Crippen LogP contribution in [0.25, 0.3) is 0 Å². The van der Waals surface area contributed by atoms with Gasteiger partial charge in [0.2, 0.25) is 0 Å². The Morgan fingerprint density at radius 2 is 1.87 bits per heavy atom. The van der Waals surface area contributed by atoms with E-state index in [0.29, 0.717) is 0 Å². The first-order valence-electron chi connectivity index (χ1n) is 5.15. The van der Waals surface area contributed by atoms with Gasteiger partial charge in [-0.1, -0.05) is 24.0 Å². The Kier molecular flexibility index (Phi) is 4.40. The third-order valence-electron chi connectivity index (χ3n) is 2.47. The van der Waals surface area contributed by atoms with E-state index in [9.17, 15) is 4.79 Å². The van der Waals surface area contributed by atoms with Crippen molar-refractivity contribution in [1.82, 2.24) is 4.90 Å². The molecule has 0 aliphatic carbocycles. The smallest absolute Gasteiger partial charge is 0.319 e. The van der Waals surface area contributed by atoms with Crippen LogP contribution >= 0.6 is 24.0 Å². The highest BCUT2D eigenvalue weighted by atomic mass is 32.2. The second-order valence-corrected chi connectivity index (χ2v) is 6.49. The zero-order valence-corrected chi connectivity index (χ0v) is 10.8. The van der Waals surface area contributed by atoms with Crippen LogP contribution in [-0.2, 0) is 4.79 Å². The van der Waals surface area contributed by atoms with Gasteiger partial charge in [0.05, 0.1) is 0 Å². The van der Waals surface area contributed by atoms with Gasteiger partial charge in [-0.25, -0.2) is 0 Å². The molecule has 0 atom stereocenters. The number of carboxylic acids is 1. The van der Waals surface area contributed by atoms with Crippen LogP contribution in [0.15, 0.2) is 0 Å². The monoisotopic (exact) mass is 247 g/mol. The van der Waals surface area contributed by atoms with Crippen molar-refractivity contribution in [2.75, 3.05) is 13.1 Å². The molecule has 0 spiro atoms. The number of rotatable bonds is 2. The van der Waals surface area contributed by atoms with Crippen LogP contribution in [0, 0.1) is 0 Å². The second kappa shape index (κ2) is 5.16. The zero-order chi connectivity index (χ0) is 11.5. The van der Waals surface area contributed by atoms with Crippen LogP contribution in [0.4, 0.5) is 0 Å². The summed E-state index contributed by atoms with van der Waals surface area (Å²) in [6.45, 7) is 5.33. The molecule has 0 radical (unpaired) electrons. The van der Waals surface area contributed by atoms with E-state index in [2.05, 4.69) is 4.90 Å². The minimum absolute atomic E-state index is 0.724. The Balaban J connectivity index is 2.50. The number of thiocarbonyl (C=S) groups is 1. The average molecular weight is 247 g/mol. The van der Waals surface area contributed by atoms with Gasteiger partial charge in [-0.05, 0) is 33.1 Å². The molecule has 0 aromatic rings. The lowest BCUT2D eigenvalue weighted by molar-refractivity contribution is -0.138. The fourth-order valence-corrected chi connectivity index (χ4v) is 3.05. The SMILES string of the molecule is CC(C)(SC(=S)N1CCCCC1)C(=O)O. The first-order chi connectivity index (χ1) is 6.93. The van der Waals surface area contributed by atoms with Gasteiger partial charge in [0, 0.05) is 13.1 Å². The lowest BCUT2D eigenvalue weighted by Crippen LogP contribution is -2.37. The third kappa shape index (κ3) is 3.65. The van der Waals surface area contributed by atoms with Crippen LogP contribution in [0.3, 0.4) is 0 Å². The van der Waals surface area contributed by atoms with E-state index in [0.717, 1.165) is 30.3 Å². The zero-order valence-electron chi connectivity index (χ0n) is 9.15. The predicted molar refractivity (Wildman–Crippen MR) is 67.3 cm³/mol. The number of hydrogen-bond donors (Lipinski definition) is 1. The molecule has 1 saturated heterocycles. The van der Waals surface area contributed by atoms with Crippen LogP contribution in [0.2, 0.25) is 0 Å². The van der Waals surface area contributed by atoms with E-state index in [1.807, 2.05) is 0 Å². The van der Waals surface area contributed by atoms with Gasteiger partial charge in [-0.3, -0.25) is 4.79 Å². The Bertz CT molecular complexity index is 260. The molecule has 86 valence electrons. The Morgan fingerprint density at radius 3 is 2.33 bits per heavy atom. The quantitative estimate of drug-likeness (QED) is 0.759. The third-order valence-corrected chi connectivity index (χ3v) is 4.10. The Morgan fingerprint density at radius 1 is 1.33 bits per heavy atom. The number of nitrogens with zero attached hydrogens (tertiary/aromatic N) is 1. The van der Waals surface area contributed by atoms with Gasteiger partial charge >= 0.3 is 5.97 Å². The summed E-state index contributed by atoms with van der Waals surface area (Å²) in [4.78, 5) is 13.1. The van der Waals surface area contributed by atoms with Gasteiger partial charge in [-0.15, -0.1) is 0 Å². The summed E-state index contributed by atoms with van der Waals surface area (Å²) in [5.41, 5.74) is 0. The van der Waals surface area contributed by atoms with Gasteiger partial charge in [-0.2, -0.15) is 0 Å². The number of likely N-dealkylation sites (tertiary alicyclic amines) is 1. The summed E-state index contributed by atoms with van der Waals surface area (Å²) in [6.07, 6.45) is 3.58. The first-order valence-corrected chi connectivity index (χ1v) is 6.37. The van der Waals surface area contributed by atoms with Crippen molar-refractivity contribution in [3.63, 3.8) is 0 Å². The van der Waals surface area contributed by atoms with Crippen LogP contribution in [0.1, 0.15) is 33.1 Å². The van der Waals surface area contributed by atoms with Crippen LogP contribution < -0.4 is 0 Å². The minimum atomic E-state index is -0.825. The summed E-state index contributed by atoms with van der Waals surface area (Å²) in [7, 11) is 0. The van der Waals surface area contributed by atoms with Gasteiger partial charge in [0.15, 0.2) is 0 Å². The molecule has 0 aromatic carbocycles. The minimum Gasteiger partial charge on any atom is -0.480 e. The lowest BCUT2D eigenvalue weighted by atomic mass is 10.1. The molecule has 1 fully saturated rings. The van der Waals surface area contributed by atoms with E-state index in [1.165, 1.54) is 18.2 Å². The lowest BCUT2D eigenvalue weighted by Gasteiger charge is -2.31. The van der Waals surface area contributed by atoms with E-state index in [1.54, 1.807) is 13.8 Å². The summed E-state index contributed by atoms with van der Waals surface area (Å²) < 4.78 is -0.101. The standard InChI is InChI=1S/C10H17NO2S2/c1-10(2,8(12)13)15-9(14)11-6-4-3-5-7-11/h3-7H2,1-2H3,(H,12,13). The van der Waals surface area contributed by atoms with Crippen molar-refractivity contribution < 1.29 is 9.90 Å². The highest BCUT2D eigenvalue weighted by Gasteiger charge is 2.31. The summed E-state index contributed by atoms with van der Waals surface area (Å²) in [6, 6.07) is 0. The molecule has 15 heavy (non-hydrogen) atoms.